The van der Waals surface area contributed by atoms with Crippen LogP contribution in [0.3, 0.4) is 0 Å². The van der Waals surface area contributed by atoms with Gasteiger partial charge in [0.1, 0.15) is 42.7 Å². The van der Waals surface area contributed by atoms with Crippen LogP contribution in [0.25, 0.3) is 0 Å². The maximum absolute atomic E-state index is 10.4. The predicted molar refractivity (Wildman–Crippen MR) is 85.8 cm³/mol. The summed E-state index contributed by atoms with van der Waals surface area (Å²) in [5, 5.41) is 59.2. The fraction of sp³-hybridized carbons (Fsp3) is 0.875. The lowest BCUT2D eigenvalue weighted by Gasteiger charge is -2.44. The van der Waals surface area contributed by atoms with Crippen LogP contribution in [0.5, 0.6) is 0 Å². The zero-order chi connectivity index (χ0) is 19.3. The average Bonchev–Trinajstić information content (AvgIpc) is 2.63. The van der Waals surface area contributed by atoms with Crippen LogP contribution in [0.2, 0.25) is 0 Å². The summed E-state index contributed by atoms with van der Waals surface area (Å²) in [5.41, 5.74) is 0. The molecule has 2 heterocycles. The zero-order valence-corrected chi connectivity index (χ0v) is 14.3. The molecule has 0 aromatic heterocycles. The highest BCUT2D eigenvalue weighted by atomic mass is 16.7. The summed E-state index contributed by atoms with van der Waals surface area (Å²) in [7, 11) is 0. The molecule has 10 nitrogen and oxygen atoms in total. The van der Waals surface area contributed by atoms with Gasteiger partial charge in [-0.05, 0) is 12.8 Å². The van der Waals surface area contributed by atoms with Gasteiger partial charge in [-0.25, -0.2) is 0 Å². The van der Waals surface area contributed by atoms with Crippen molar-refractivity contribution in [2.45, 2.75) is 68.1 Å². The van der Waals surface area contributed by atoms with Crippen molar-refractivity contribution in [2.75, 3.05) is 19.8 Å². The minimum Gasteiger partial charge on any atom is -0.394 e. The van der Waals surface area contributed by atoms with Gasteiger partial charge in [0.05, 0.1) is 19.8 Å². The van der Waals surface area contributed by atoms with Crippen LogP contribution in [0, 0.1) is 0 Å². The van der Waals surface area contributed by atoms with E-state index in [2.05, 4.69) is 6.58 Å². The number of unbranched alkanes of at least 4 members (excludes halogenated alkanes) is 1. The summed E-state index contributed by atoms with van der Waals surface area (Å²) in [4.78, 5) is 0. The number of rotatable bonds is 8. The molecule has 0 spiro atoms. The van der Waals surface area contributed by atoms with Crippen molar-refractivity contribution in [3.05, 3.63) is 12.7 Å². The first kappa shape index (κ1) is 21.6. The lowest BCUT2D eigenvalue weighted by Crippen LogP contribution is -2.63. The fourth-order valence-electron chi connectivity index (χ4n) is 2.85. The van der Waals surface area contributed by atoms with Gasteiger partial charge < -0.3 is 49.6 Å². The third-order valence-electron chi connectivity index (χ3n) is 4.40. The molecule has 26 heavy (non-hydrogen) atoms. The van der Waals surface area contributed by atoms with Crippen LogP contribution in [0.15, 0.2) is 12.7 Å². The quantitative estimate of drug-likeness (QED) is 0.192. The van der Waals surface area contributed by atoms with E-state index in [0.29, 0.717) is 13.0 Å². The smallest absolute Gasteiger partial charge is 0.187 e. The largest absolute Gasteiger partial charge is 0.394 e. The van der Waals surface area contributed by atoms with Gasteiger partial charge in [0.15, 0.2) is 12.6 Å². The van der Waals surface area contributed by atoms with Crippen LogP contribution in [-0.2, 0) is 18.9 Å². The molecule has 10 heteroatoms. The Balaban J connectivity index is 1.97. The lowest BCUT2D eigenvalue weighted by atomic mass is 9.98. The first-order valence-electron chi connectivity index (χ1n) is 8.57. The Kier molecular flexibility index (Phi) is 8.36. The highest BCUT2D eigenvalue weighted by molar-refractivity contribution is 4.91. The molecule has 0 amide bonds. The van der Waals surface area contributed by atoms with E-state index in [9.17, 15) is 30.6 Å². The average molecular weight is 380 g/mol. The fourth-order valence-corrected chi connectivity index (χ4v) is 2.85. The monoisotopic (exact) mass is 380 g/mol. The van der Waals surface area contributed by atoms with Crippen molar-refractivity contribution in [1.82, 2.24) is 0 Å². The third-order valence-corrected chi connectivity index (χ3v) is 4.40. The van der Waals surface area contributed by atoms with Crippen LogP contribution in [-0.4, -0.2) is 106 Å². The summed E-state index contributed by atoms with van der Waals surface area (Å²) in [6, 6.07) is 0. The van der Waals surface area contributed by atoms with E-state index in [0.717, 1.165) is 6.42 Å². The molecule has 0 aromatic carbocycles. The minimum atomic E-state index is -1.64. The van der Waals surface area contributed by atoms with Crippen molar-refractivity contribution in [3.63, 3.8) is 0 Å². The van der Waals surface area contributed by atoms with E-state index >= 15 is 0 Å². The molecule has 0 aromatic rings. The van der Waals surface area contributed by atoms with E-state index in [-0.39, 0.29) is 6.61 Å². The molecule has 0 bridgehead atoms. The Bertz CT molecular complexity index is 433. The number of ether oxygens (including phenoxy) is 4. The Morgan fingerprint density at radius 2 is 1.73 bits per heavy atom. The number of aliphatic hydroxyl groups is 6. The van der Waals surface area contributed by atoms with Gasteiger partial charge >= 0.3 is 0 Å². The highest BCUT2D eigenvalue weighted by Gasteiger charge is 2.48. The van der Waals surface area contributed by atoms with Crippen molar-refractivity contribution >= 4 is 0 Å². The topological polar surface area (TPSA) is 158 Å². The molecule has 152 valence electrons. The summed E-state index contributed by atoms with van der Waals surface area (Å²) in [6.45, 7) is 3.11. The second-order valence-corrected chi connectivity index (χ2v) is 6.36. The van der Waals surface area contributed by atoms with Crippen molar-refractivity contribution in [3.8, 4) is 0 Å². The number of aliphatic hydroxyl groups excluding tert-OH is 6. The second kappa shape index (κ2) is 10.0. The van der Waals surface area contributed by atoms with Gasteiger partial charge in [0, 0.05) is 0 Å². The summed E-state index contributed by atoms with van der Waals surface area (Å²) >= 11 is 0. The second-order valence-electron chi connectivity index (χ2n) is 6.36. The van der Waals surface area contributed by atoms with Crippen LogP contribution in [0.1, 0.15) is 12.8 Å². The summed E-state index contributed by atoms with van der Waals surface area (Å²) in [5.74, 6) is 0. The first-order chi connectivity index (χ1) is 12.4. The summed E-state index contributed by atoms with van der Waals surface area (Å²) < 4.78 is 21.4. The van der Waals surface area contributed by atoms with Crippen molar-refractivity contribution in [1.29, 1.82) is 0 Å². The normalized spacial score (nSPS) is 44.0. The highest BCUT2D eigenvalue weighted by Crippen LogP contribution is 2.27. The Hall–Kier alpha value is -0.660. The number of hydrogen-bond donors (Lipinski definition) is 6. The molecular weight excluding hydrogens is 352 g/mol. The maximum Gasteiger partial charge on any atom is 0.187 e. The number of allylic oxidation sites excluding steroid dienone is 1. The predicted octanol–water partition coefficient (Wildman–Crippen LogP) is -2.77. The van der Waals surface area contributed by atoms with E-state index in [1.807, 2.05) is 0 Å². The van der Waals surface area contributed by atoms with Crippen LogP contribution < -0.4 is 0 Å². The molecule has 9 atom stereocenters. The standard InChI is InChI=1S/C16H28O10/c1-2-3-4-5-23-15-13(22)14(8(18)7-24-15)26-16-12(21)11(20)10(19)9(6-17)25-16/h2,8-22H,1,3-7H2/t8-,9-,10+,11+,12-,13-,14+,15+,16+/m1/s1. The maximum atomic E-state index is 10.4. The molecule has 0 unspecified atom stereocenters. The molecule has 2 aliphatic rings. The Morgan fingerprint density at radius 3 is 2.38 bits per heavy atom. The SMILES string of the molecule is C=CCCCO[C@H]1OC[C@@H](O)[C@H](O[C@@H]2O[C@H](CO)[C@H](O)[C@H](O)[C@H]2O)[C@H]1O. The molecule has 6 N–H and O–H groups in total. The molecule has 2 rings (SSSR count). The molecule has 0 aliphatic carbocycles. The third kappa shape index (κ3) is 4.98. The van der Waals surface area contributed by atoms with Gasteiger partial charge in [0.25, 0.3) is 0 Å². The zero-order valence-electron chi connectivity index (χ0n) is 14.3. The minimum absolute atomic E-state index is 0.175. The summed E-state index contributed by atoms with van der Waals surface area (Å²) in [6.07, 6.45) is -9.15. The van der Waals surface area contributed by atoms with E-state index in [1.165, 1.54) is 0 Å². The molecule has 2 fully saturated rings. The first-order valence-corrected chi connectivity index (χ1v) is 8.57. The molecule has 2 aliphatic heterocycles. The Morgan fingerprint density at radius 1 is 1.00 bits per heavy atom. The molecule has 2 saturated heterocycles. The van der Waals surface area contributed by atoms with Gasteiger partial charge in [0.2, 0.25) is 0 Å². The van der Waals surface area contributed by atoms with E-state index in [4.69, 9.17) is 18.9 Å². The molecule has 0 saturated carbocycles. The van der Waals surface area contributed by atoms with E-state index in [1.54, 1.807) is 6.08 Å². The van der Waals surface area contributed by atoms with Gasteiger partial charge in [-0.2, -0.15) is 0 Å². The van der Waals surface area contributed by atoms with Gasteiger partial charge in [-0.1, -0.05) is 6.08 Å². The molecule has 0 radical (unpaired) electrons. The van der Waals surface area contributed by atoms with Crippen molar-refractivity contribution in [2.24, 2.45) is 0 Å². The van der Waals surface area contributed by atoms with Crippen LogP contribution >= 0.6 is 0 Å². The molecular formula is C16H28O10. The van der Waals surface area contributed by atoms with Crippen molar-refractivity contribution < 1.29 is 49.6 Å². The Labute approximate surface area is 151 Å². The number of hydrogen-bond acceptors (Lipinski definition) is 10. The van der Waals surface area contributed by atoms with Crippen LogP contribution in [0.4, 0.5) is 0 Å². The van der Waals surface area contributed by atoms with Gasteiger partial charge in [-0.3, -0.25) is 0 Å². The van der Waals surface area contributed by atoms with Gasteiger partial charge in [-0.15, -0.1) is 6.58 Å². The lowest BCUT2D eigenvalue weighted by molar-refractivity contribution is -0.348. The van der Waals surface area contributed by atoms with E-state index < -0.39 is 61.9 Å².